The summed E-state index contributed by atoms with van der Waals surface area (Å²) < 4.78 is 5.02. The molecule has 8 nitrogen and oxygen atoms in total. The van der Waals surface area contributed by atoms with Gasteiger partial charge in [-0.3, -0.25) is 9.59 Å². The topological polar surface area (TPSA) is 91.3 Å². The third-order valence-corrected chi connectivity index (χ3v) is 7.69. The Labute approximate surface area is 212 Å². The number of amides is 3. The predicted octanol–water partition coefficient (Wildman–Crippen LogP) is 3.61. The number of imide groups is 1. The lowest BCUT2D eigenvalue weighted by molar-refractivity contribution is -0.130. The summed E-state index contributed by atoms with van der Waals surface area (Å²) in [5, 5.41) is 11.0. The monoisotopic (exact) mass is 498 g/mol. The number of hydrazone groups is 1. The molecule has 3 aliphatic heterocycles. The highest BCUT2D eigenvalue weighted by atomic mass is 32.1. The van der Waals surface area contributed by atoms with Gasteiger partial charge in [0.25, 0.3) is 11.8 Å². The number of benzene rings is 3. The van der Waals surface area contributed by atoms with Crippen molar-refractivity contribution in [2.75, 3.05) is 18.2 Å². The van der Waals surface area contributed by atoms with E-state index in [9.17, 15) is 14.4 Å². The molecule has 3 aliphatic rings. The Morgan fingerprint density at radius 1 is 1.06 bits per heavy atom. The molecule has 0 bridgehead atoms. The van der Waals surface area contributed by atoms with E-state index in [0.717, 1.165) is 21.2 Å². The first kappa shape index (κ1) is 22.4. The van der Waals surface area contributed by atoms with Gasteiger partial charge in [0.1, 0.15) is 12.6 Å². The van der Waals surface area contributed by atoms with Crippen LogP contribution < -0.4 is 10.3 Å². The van der Waals surface area contributed by atoms with Gasteiger partial charge in [-0.05, 0) is 35.4 Å². The SMILES string of the molecule is CC1=NN(c2ccccc2)C(=O)[C@]12C(=S)N[C@H](C(=O)N1CCOC1=O)[C@@H]2c1cccc2ccccc12. The first-order chi connectivity index (χ1) is 17.4. The lowest BCUT2D eigenvalue weighted by Crippen LogP contribution is -2.49. The number of ether oxygens (including phenoxy) is 1. The zero-order valence-electron chi connectivity index (χ0n) is 19.4. The molecule has 3 aromatic carbocycles. The number of nitrogens with one attached hydrogen (secondary N) is 1. The summed E-state index contributed by atoms with van der Waals surface area (Å²) in [4.78, 5) is 41.7. The molecule has 3 heterocycles. The van der Waals surface area contributed by atoms with Crippen LogP contribution in [-0.2, 0) is 14.3 Å². The number of thiocarbonyl (C=S) groups is 1. The molecule has 0 aromatic heterocycles. The maximum absolute atomic E-state index is 14.3. The Hall–Kier alpha value is -4.11. The maximum atomic E-state index is 14.3. The van der Waals surface area contributed by atoms with Gasteiger partial charge in [-0.15, -0.1) is 0 Å². The van der Waals surface area contributed by atoms with Crippen LogP contribution in [0.4, 0.5) is 10.5 Å². The fourth-order valence-electron chi connectivity index (χ4n) is 5.59. The third-order valence-electron chi connectivity index (χ3n) is 7.25. The molecule has 3 atom stereocenters. The summed E-state index contributed by atoms with van der Waals surface area (Å²) in [7, 11) is 0. The normalized spacial score (nSPS) is 25.5. The number of para-hydroxylation sites is 1. The van der Waals surface area contributed by atoms with Gasteiger partial charge in [0.05, 0.1) is 22.9 Å². The summed E-state index contributed by atoms with van der Waals surface area (Å²) in [5.41, 5.74) is 0.491. The Kier molecular flexibility index (Phi) is 5.11. The number of rotatable bonds is 3. The molecule has 1 N–H and O–H groups in total. The summed E-state index contributed by atoms with van der Waals surface area (Å²) in [6, 6.07) is 21.8. The van der Waals surface area contributed by atoms with E-state index in [2.05, 4.69) is 10.4 Å². The number of carbonyl (C=O) groups is 3. The number of hydrogen-bond acceptors (Lipinski definition) is 6. The van der Waals surface area contributed by atoms with Crippen LogP contribution in [0.3, 0.4) is 0 Å². The highest BCUT2D eigenvalue weighted by molar-refractivity contribution is 7.80. The maximum Gasteiger partial charge on any atom is 0.416 e. The molecule has 3 aromatic rings. The van der Waals surface area contributed by atoms with E-state index in [4.69, 9.17) is 17.0 Å². The average molecular weight is 499 g/mol. The van der Waals surface area contributed by atoms with Gasteiger partial charge < -0.3 is 10.1 Å². The van der Waals surface area contributed by atoms with Crippen LogP contribution in [0, 0.1) is 5.41 Å². The molecule has 3 amide bonds. The van der Waals surface area contributed by atoms with Crippen LogP contribution >= 0.6 is 12.2 Å². The molecular weight excluding hydrogens is 476 g/mol. The van der Waals surface area contributed by atoms with E-state index >= 15 is 0 Å². The number of hydrogen-bond donors (Lipinski definition) is 1. The Balaban J connectivity index is 1.56. The largest absolute Gasteiger partial charge is 0.447 e. The number of cyclic esters (lactones) is 1. The molecule has 0 radical (unpaired) electrons. The summed E-state index contributed by atoms with van der Waals surface area (Å²) in [6.45, 7) is 2.05. The van der Waals surface area contributed by atoms with Gasteiger partial charge in [0, 0.05) is 5.92 Å². The number of anilines is 1. The quantitative estimate of drug-likeness (QED) is 0.555. The third kappa shape index (κ3) is 3.02. The summed E-state index contributed by atoms with van der Waals surface area (Å²) in [5.74, 6) is -1.55. The molecule has 9 heteroatoms. The zero-order chi connectivity index (χ0) is 25.0. The molecule has 2 fully saturated rings. The lowest BCUT2D eigenvalue weighted by atomic mass is 9.67. The van der Waals surface area contributed by atoms with Crippen molar-refractivity contribution in [3.63, 3.8) is 0 Å². The second kappa shape index (κ2) is 8.23. The molecule has 180 valence electrons. The standard InChI is InChI=1S/C27H22N4O4S/c1-16-27(25(33)31(29-16)18-10-3-2-4-11-18)21(20-13-7-9-17-8-5-6-12-19(17)20)22(28-24(27)36)23(32)30-14-15-35-26(30)34/h2-13,21-22H,14-15H2,1H3,(H,28,36)/t21-,22-,27+/m0/s1. The first-order valence-corrected chi connectivity index (χ1v) is 12.1. The Bertz CT molecular complexity index is 1470. The minimum absolute atomic E-state index is 0.132. The number of nitrogens with zero attached hydrogens (tertiary/aromatic N) is 3. The van der Waals surface area contributed by atoms with Crippen LogP contribution in [0.2, 0.25) is 0 Å². The highest BCUT2D eigenvalue weighted by Crippen LogP contribution is 2.52. The van der Waals surface area contributed by atoms with Gasteiger partial charge in [0.15, 0.2) is 5.41 Å². The smallest absolute Gasteiger partial charge is 0.416 e. The average Bonchev–Trinajstić information content (AvgIpc) is 3.55. The van der Waals surface area contributed by atoms with E-state index in [1.54, 1.807) is 19.1 Å². The fraction of sp³-hybridized carbons (Fsp3) is 0.222. The molecule has 0 aliphatic carbocycles. The first-order valence-electron chi connectivity index (χ1n) is 11.7. The minimum Gasteiger partial charge on any atom is -0.447 e. The zero-order valence-corrected chi connectivity index (χ0v) is 20.2. The van der Waals surface area contributed by atoms with Crippen molar-refractivity contribution in [3.8, 4) is 0 Å². The fourth-order valence-corrected chi connectivity index (χ4v) is 6.08. The highest BCUT2D eigenvalue weighted by Gasteiger charge is 2.66. The van der Waals surface area contributed by atoms with Crippen molar-refractivity contribution in [1.82, 2.24) is 10.2 Å². The van der Waals surface area contributed by atoms with Crippen LogP contribution in [0.1, 0.15) is 18.4 Å². The van der Waals surface area contributed by atoms with Gasteiger partial charge in [0.2, 0.25) is 0 Å². The summed E-state index contributed by atoms with van der Waals surface area (Å²) >= 11 is 5.82. The van der Waals surface area contributed by atoms with E-state index < -0.39 is 29.4 Å². The molecule has 6 rings (SSSR count). The predicted molar refractivity (Wildman–Crippen MR) is 139 cm³/mol. The second-order valence-corrected chi connectivity index (χ2v) is 9.46. The van der Waals surface area contributed by atoms with Crippen molar-refractivity contribution in [2.45, 2.75) is 18.9 Å². The molecule has 36 heavy (non-hydrogen) atoms. The van der Waals surface area contributed by atoms with Gasteiger partial charge in [-0.25, -0.2) is 9.69 Å². The second-order valence-electron chi connectivity index (χ2n) is 9.05. The summed E-state index contributed by atoms with van der Waals surface area (Å²) in [6.07, 6.45) is -0.695. The Morgan fingerprint density at radius 3 is 2.53 bits per heavy atom. The van der Waals surface area contributed by atoms with Gasteiger partial charge >= 0.3 is 6.09 Å². The van der Waals surface area contributed by atoms with Gasteiger partial charge in [-0.1, -0.05) is 72.9 Å². The van der Waals surface area contributed by atoms with E-state index in [-0.39, 0.29) is 24.0 Å². The van der Waals surface area contributed by atoms with Crippen molar-refractivity contribution in [1.29, 1.82) is 0 Å². The number of fused-ring (bicyclic) bond motifs is 1. The van der Waals surface area contributed by atoms with Crippen molar-refractivity contribution >= 4 is 57.3 Å². The van der Waals surface area contributed by atoms with Crippen LogP contribution in [0.5, 0.6) is 0 Å². The Morgan fingerprint density at radius 2 is 1.78 bits per heavy atom. The molecule has 0 saturated carbocycles. The van der Waals surface area contributed by atoms with Crippen molar-refractivity contribution in [2.24, 2.45) is 10.5 Å². The number of carbonyl (C=O) groups excluding carboxylic acids is 3. The van der Waals surface area contributed by atoms with Gasteiger partial charge in [-0.2, -0.15) is 10.1 Å². The lowest BCUT2D eigenvalue weighted by Gasteiger charge is -2.32. The van der Waals surface area contributed by atoms with E-state index in [0.29, 0.717) is 11.4 Å². The van der Waals surface area contributed by atoms with Crippen LogP contribution in [-0.4, -0.2) is 52.7 Å². The molecular formula is C27H22N4O4S. The van der Waals surface area contributed by atoms with E-state index in [1.165, 1.54) is 5.01 Å². The van der Waals surface area contributed by atoms with Crippen molar-refractivity contribution in [3.05, 3.63) is 78.4 Å². The van der Waals surface area contributed by atoms with Crippen LogP contribution in [0.25, 0.3) is 10.8 Å². The minimum atomic E-state index is -1.39. The molecule has 0 unspecified atom stereocenters. The molecule has 2 saturated heterocycles. The van der Waals surface area contributed by atoms with Crippen molar-refractivity contribution < 1.29 is 19.1 Å². The molecule has 1 spiro atoms. The van der Waals surface area contributed by atoms with E-state index in [1.807, 2.05) is 60.7 Å². The van der Waals surface area contributed by atoms with Crippen LogP contribution in [0.15, 0.2) is 77.9 Å².